The van der Waals surface area contributed by atoms with Crippen LogP contribution in [-0.4, -0.2) is 25.6 Å². The third kappa shape index (κ3) is 4.17. The first-order chi connectivity index (χ1) is 11.5. The molecule has 3 rings (SSSR count). The summed E-state index contributed by atoms with van der Waals surface area (Å²) in [6.07, 6.45) is 2.34. The van der Waals surface area contributed by atoms with Crippen molar-refractivity contribution in [2.45, 2.75) is 44.4 Å². The van der Waals surface area contributed by atoms with E-state index in [0.717, 1.165) is 61.3 Å². The van der Waals surface area contributed by atoms with Crippen LogP contribution in [-0.2, 0) is 17.3 Å². The van der Waals surface area contributed by atoms with Crippen LogP contribution in [0.4, 0.5) is 13.2 Å². The van der Waals surface area contributed by atoms with E-state index in [1.165, 1.54) is 0 Å². The Labute approximate surface area is 139 Å². The molecule has 0 saturated carbocycles. The fourth-order valence-corrected chi connectivity index (χ4v) is 3.09. The summed E-state index contributed by atoms with van der Waals surface area (Å²) in [6, 6.07) is 5.39. The fraction of sp³-hybridized carbons (Fsp3) is 0.500. The van der Waals surface area contributed by atoms with Gasteiger partial charge in [-0.3, -0.25) is 4.99 Å². The predicted octanol–water partition coefficient (Wildman–Crippen LogP) is 4.09. The lowest BCUT2D eigenvalue weighted by molar-refractivity contribution is -0.137. The predicted molar refractivity (Wildman–Crippen MR) is 86.9 cm³/mol. The zero-order valence-corrected chi connectivity index (χ0v) is 13.4. The van der Waals surface area contributed by atoms with Gasteiger partial charge in [-0.25, -0.2) is 0 Å². The Bertz CT molecular complexity index is 614. The summed E-state index contributed by atoms with van der Waals surface area (Å²) in [5.41, 5.74) is 2.47. The highest BCUT2D eigenvalue weighted by atomic mass is 19.4. The van der Waals surface area contributed by atoms with Gasteiger partial charge in [0, 0.05) is 24.1 Å². The van der Waals surface area contributed by atoms with Crippen molar-refractivity contribution in [3.05, 3.63) is 46.7 Å². The molecule has 3 nitrogen and oxygen atoms in total. The van der Waals surface area contributed by atoms with Gasteiger partial charge in [-0.1, -0.05) is 12.1 Å². The number of alkyl halides is 3. The molecule has 0 radical (unpaired) electrons. The molecule has 0 aliphatic carbocycles. The maximum Gasteiger partial charge on any atom is 0.416 e. The van der Waals surface area contributed by atoms with E-state index in [1.54, 1.807) is 12.1 Å². The van der Waals surface area contributed by atoms with Gasteiger partial charge in [-0.15, -0.1) is 0 Å². The highest BCUT2D eigenvalue weighted by Crippen LogP contribution is 2.29. The molecule has 0 bridgehead atoms. The Balaban J connectivity index is 1.67. The van der Waals surface area contributed by atoms with Crippen LogP contribution in [0.2, 0.25) is 0 Å². The molecule has 2 heterocycles. The van der Waals surface area contributed by atoms with Crippen molar-refractivity contribution in [2.24, 2.45) is 4.99 Å². The monoisotopic (exact) mass is 338 g/mol. The topological polar surface area (TPSA) is 33.6 Å². The third-order valence-electron chi connectivity index (χ3n) is 4.43. The van der Waals surface area contributed by atoms with Crippen LogP contribution in [0.5, 0.6) is 0 Å². The highest BCUT2D eigenvalue weighted by Gasteiger charge is 2.30. The first-order valence-electron chi connectivity index (χ1n) is 8.28. The van der Waals surface area contributed by atoms with Crippen LogP contribution in [0.25, 0.3) is 0 Å². The van der Waals surface area contributed by atoms with E-state index >= 15 is 0 Å². The Morgan fingerprint density at radius 1 is 1.12 bits per heavy atom. The first-order valence-corrected chi connectivity index (χ1v) is 8.28. The number of benzene rings is 1. The summed E-state index contributed by atoms with van der Waals surface area (Å²) < 4.78 is 43.7. The van der Waals surface area contributed by atoms with E-state index in [9.17, 15) is 13.2 Å². The molecule has 1 aromatic rings. The molecule has 0 spiro atoms. The van der Waals surface area contributed by atoms with Crippen molar-refractivity contribution in [1.29, 1.82) is 0 Å². The van der Waals surface area contributed by atoms with Gasteiger partial charge < -0.3 is 10.1 Å². The molecular weight excluding hydrogens is 317 g/mol. The molecular formula is C18H21F3N2O. The molecule has 1 saturated heterocycles. The number of ether oxygens (including phenoxy) is 1. The fourth-order valence-electron chi connectivity index (χ4n) is 3.09. The molecule has 1 aromatic carbocycles. The number of nitrogens with one attached hydrogen (secondary N) is 1. The smallest absolute Gasteiger partial charge is 0.373 e. The summed E-state index contributed by atoms with van der Waals surface area (Å²) in [4.78, 5) is 4.28. The quantitative estimate of drug-likeness (QED) is 0.897. The molecule has 24 heavy (non-hydrogen) atoms. The minimum atomic E-state index is -4.28. The molecule has 1 fully saturated rings. The van der Waals surface area contributed by atoms with E-state index in [1.807, 2.05) is 6.21 Å². The van der Waals surface area contributed by atoms with Crippen molar-refractivity contribution >= 4 is 6.21 Å². The van der Waals surface area contributed by atoms with E-state index in [2.05, 4.69) is 10.3 Å². The summed E-state index contributed by atoms with van der Waals surface area (Å²) in [6.45, 7) is 1.31. The summed E-state index contributed by atoms with van der Waals surface area (Å²) >= 11 is 0. The molecule has 2 aliphatic heterocycles. The molecule has 2 aliphatic rings. The van der Waals surface area contributed by atoms with Gasteiger partial charge in [0.2, 0.25) is 0 Å². The Morgan fingerprint density at radius 3 is 2.58 bits per heavy atom. The minimum absolute atomic E-state index is 0.0814. The van der Waals surface area contributed by atoms with Gasteiger partial charge in [0.25, 0.3) is 0 Å². The lowest BCUT2D eigenvalue weighted by Gasteiger charge is -2.28. The maximum atomic E-state index is 12.6. The largest absolute Gasteiger partial charge is 0.416 e. The van der Waals surface area contributed by atoms with Gasteiger partial charge >= 0.3 is 6.18 Å². The molecule has 0 amide bonds. The summed E-state index contributed by atoms with van der Waals surface area (Å²) in [5, 5.41) is 3.29. The lowest BCUT2D eigenvalue weighted by atomic mass is 9.96. The first kappa shape index (κ1) is 17.0. The van der Waals surface area contributed by atoms with Crippen molar-refractivity contribution in [3.8, 4) is 0 Å². The molecule has 1 unspecified atom stereocenters. The highest BCUT2D eigenvalue weighted by molar-refractivity contribution is 5.81. The average molecular weight is 338 g/mol. The zero-order chi connectivity index (χ0) is 17.0. The van der Waals surface area contributed by atoms with Crippen LogP contribution in [0.1, 0.15) is 36.8 Å². The standard InChI is InChI=1S/C18H21F3N2O/c19-18(20,21)14-7-4-13(5-8-14)6-9-16-15(11-22-12-23-16)17-3-1-2-10-24-17/h4-5,7-8,11,17,23H,1-3,6,9-10,12H2. The summed E-state index contributed by atoms with van der Waals surface area (Å²) in [5.74, 6) is 0. The van der Waals surface area contributed by atoms with Gasteiger partial charge in [-0.2, -0.15) is 13.2 Å². The number of halogens is 3. The van der Waals surface area contributed by atoms with Crippen molar-refractivity contribution in [2.75, 3.05) is 13.3 Å². The van der Waals surface area contributed by atoms with Crippen LogP contribution in [0, 0.1) is 0 Å². The van der Waals surface area contributed by atoms with Crippen LogP contribution in [0.15, 0.2) is 40.5 Å². The Kier molecular flexibility index (Phi) is 5.23. The van der Waals surface area contributed by atoms with Gasteiger partial charge in [0.05, 0.1) is 11.7 Å². The zero-order valence-electron chi connectivity index (χ0n) is 13.4. The minimum Gasteiger partial charge on any atom is -0.373 e. The van der Waals surface area contributed by atoms with E-state index in [0.29, 0.717) is 13.1 Å². The van der Waals surface area contributed by atoms with Gasteiger partial charge in [0.1, 0.15) is 6.67 Å². The average Bonchev–Trinajstić information content (AvgIpc) is 2.60. The van der Waals surface area contributed by atoms with E-state index in [4.69, 9.17) is 4.74 Å². The number of hydrogen-bond donors (Lipinski definition) is 1. The Hall–Kier alpha value is -1.82. The number of aryl methyl sites for hydroxylation is 1. The number of aliphatic imine (C=N–C) groups is 1. The number of nitrogens with zero attached hydrogens (tertiary/aromatic N) is 1. The SMILES string of the molecule is FC(F)(F)c1ccc(CCC2=C(C3CCCCO3)C=NCN2)cc1. The van der Waals surface area contributed by atoms with Crippen LogP contribution >= 0.6 is 0 Å². The summed E-state index contributed by atoms with van der Waals surface area (Å²) in [7, 11) is 0. The van der Waals surface area contributed by atoms with Gasteiger partial charge in [-0.05, 0) is 49.8 Å². The van der Waals surface area contributed by atoms with E-state index in [-0.39, 0.29) is 6.10 Å². The van der Waals surface area contributed by atoms with Crippen molar-refractivity contribution < 1.29 is 17.9 Å². The molecule has 0 aromatic heterocycles. The molecule has 6 heteroatoms. The third-order valence-corrected chi connectivity index (χ3v) is 4.43. The normalized spacial score (nSPS) is 21.7. The maximum absolute atomic E-state index is 12.6. The lowest BCUT2D eigenvalue weighted by Crippen LogP contribution is -2.30. The van der Waals surface area contributed by atoms with Crippen LogP contribution < -0.4 is 5.32 Å². The number of allylic oxidation sites excluding steroid dienone is 1. The van der Waals surface area contributed by atoms with Gasteiger partial charge in [0.15, 0.2) is 0 Å². The number of rotatable bonds is 4. The second-order valence-electron chi connectivity index (χ2n) is 6.13. The Morgan fingerprint density at radius 2 is 1.92 bits per heavy atom. The molecule has 1 N–H and O–H groups in total. The molecule has 1 atom stereocenters. The van der Waals surface area contributed by atoms with Crippen molar-refractivity contribution in [3.63, 3.8) is 0 Å². The van der Waals surface area contributed by atoms with Crippen molar-refractivity contribution in [1.82, 2.24) is 5.32 Å². The van der Waals surface area contributed by atoms with E-state index < -0.39 is 11.7 Å². The second kappa shape index (κ2) is 7.38. The number of hydrogen-bond acceptors (Lipinski definition) is 3. The second-order valence-corrected chi connectivity index (χ2v) is 6.13. The molecule has 130 valence electrons. The van der Waals surface area contributed by atoms with Crippen LogP contribution in [0.3, 0.4) is 0 Å².